The van der Waals surface area contributed by atoms with Crippen molar-refractivity contribution in [1.29, 1.82) is 0 Å². The molecule has 0 saturated heterocycles. The number of aryl methyl sites for hydroxylation is 1. The number of aromatic nitrogens is 1. The molecular weight excluding hydrogens is 481 g/mol. The van der Waals surface area contributed by atoms with Gasteiger partial charge in [0.15, 0.2) is 0 Å². The summed E-state index contributed by atoms with van der Waals surface area (Å²) >= 11 is 0.193. The fraction of sp³-hybridized carbons (Fsp3) is 0.129. The van der Waals surface area contributed by atoms with Gasteiger partial charge >= 0.3 is 207 Å². The minimum atomic E-state index is -0.579. The Labute approximate surface area is 206 Å². The van der Waals surface area contributed by atoms with E-state index in [4.69, 9.17) is 0 Å². The zero-order chi connectivity index (χ0) is 23.3. The first-order valence-corrected chi connectivity index (χ1v) is 13.7. The Morgan fingerprint density at radius 2 is 1.50 bits per heavy atom. The van der Waals surface area contributed by atoms with Crippen molar-refractivity contribution in [2.24, 2.45) is 0 Å². The maximum absolute atomic E-state index is 14.4. The van der Waals surface area contributed by atoms with E-state index >= 15 is 0 Å². The number of hydrogen-bond donors (Lipinski definition) is 0. The number of carbonyl (C=O) groups is 1. The standard InChI is InChI=1S/C31H25NOSe/c1-21-17-18-27-25(19-21)28(22-11-5-3-6-12-22)29-24-15-9-10-16-26(24)31(2,30(33)32(27)29)20-34-23-13-7-4-8-14-23/h3-19H,20H2,1-2H3. The van der Waals surface area contributed by atoms with Crippen LogP contribution >= 0.6 is 0 Å². The van der Waals surface area contributed by atoms with Gasteiger partial charge in [-0.15, -0.1) is 0 Å². The van der Waals surface area contributed by atoms with E-state index in [1.165, 1.54) is 15.6 Å². The summed E-state index contributed by atoms with van der Waals surface area (Å²) in [6, 6.07) is 36.1. The molecule has 0 fully saturated rings. The van der Waals surface area contributed by atoms with Gasteiger partial charge in [-0.1, -0.05) is 0 Å². The quantitative estimate of drug-likeness (QED) is 0.251. The van der Waals surface area contributed by atoms with Crippen LogP contribution in [0.15, 0.2) is 103 Å². The van der Waals surface area contributed by atoms with Gasteiger partial charge in [-0.2, -0.15) is 0 Å². The molecule has 1 aromatic heterocycles. The average molecular weight is 507 g/mol. The molecule has 2 nitrogen and oxygen atoms in total. The van der Waals surface area contributed by atoms with E-state index in [-0.39, 0.29) is 20.9 Å². The molecule has 0 spiro atoms. The molecular formula is C31H25NOSe. The number of fused-ring (bicyclic) bond motifs is 5. The molecule has 1 aliphatic heterocycles. The van der Waals surface area contributed by atoms with Gasteiger partial charge in [-0.25, -0.2) is 0 Å². The number of rotatable bonds is 4. The van der Waals surface area contributed by atoms with Crippen LogP contribution in [0.1, 0.15) is 22.8 Å². The third-order valence-electron chi connectivity index (χ3n) is 6.91. The number of hydrogen-bond acceptors (Lipinski definition) is 1. The Balaban J connectivity index is 1.62. The molecule has 4 aromatic carbocycles. The normalized spacial score (nSPS) is 16.9. The molecule has 3 heteroatoms. The molecule has 1 aliphatic rings. The van der Waals surface area contributed by atoms with E-state index in [2.05, 4.69) is 105 Å². The SMILES string of the molecule is Cc1ccc2c(c1)c(-c1ccccc1)c1n2C(=O)C(C)(C[Se]c2ccccc2)c2ccccc2-1. The summed E-state index contributed by atoms with van der Waals surface area (Å²) in [6.45, 7) is 4.26. The van der Waals surface area contributed by atoms with Crippen LogP contribution in [0, 0.1) is 6.92 Å². The van der Waals surface area contributed by atoms with E-state index in [0.717, 1.165) is 38.6 Å². The summed E-state index contributed by atoms with van der Waals surface area (Å²) in [5.41, 5.74) is 7.24. The van der Waals surface area contributed by atoms with Crippen molar-refractivity contribution in [2.45, 2.75) is 24.6 Å². The summed E-state index contributed by atoms with van der Waals surface area (Å²) in [6.07, 6.45) is 0. The Morgan fingerprint density at radius 3 is 2.26 bits per heavy atom. The second kappa shape index (κ2) is 8.13. The average Bonchev–Trinajstić information content (AvgIpc) is 3.22. The van der Waals surface area contributed by atoms with Gasteiger partial charge in [0.1, 0.15) is 0 Å². The number of nitrogens with zero attached hydrogens (tertiary/aromatic N) is 1. The van der Waals surface area contributed by atoms with E-state index in [1.54, 1.807) is 0 Å². The molecule has 1 atom stereocenters. The van der Waals surface area contributed by atoms with Gasteiger partial charge in [-0.3, -0.25) is 0 Å². The molecule has 0 N–H and O–H groups in total. The molecule has 0 saturated carbocycles. The van der Waals surface area contributed by atoms with Crippen LogP contribution in [0.25, 0.3) is 33.3 Å². The molecule has 0 radical (unpaired) electrons. The third-order valence-corrected chi connectivity index (χ3v) is 9.69. The van der Waals surface area contributed by atoms with Gasteiger partial charge in [0.2, 0.25) is 0 Å². The van der Waals surface area contributed by atoms with E-state index in [9.17, 15) is 4.79 Å². The van der Waals surface area contributed by atoms with Gasteiger partial charge < -0.3 is 0 Å². The van der Waals surface area contributed by atoms with Crippen molar-refractivity contribution in [3.63, 3.8) is 0 Å². The van der Waals surface area contributed by atoms with Crippen LogP contribution in [-0.2, 0) is 5.41 Å². The zero-order valence-corrected chi connectivity index (χ0v) is 21.0. The van der Waals surface area contributed by atoms with E-state index in [0.29, 0.717) is 0 Å². The first-order valence-electron chi connectivity index (χ1n) is 11.6. The second-order valence-electron chi connectivity index (χ2n) is 9.23. The first-order chi connectivity index (χ1) is 16.6. The molecule has 0 aliphatic carbocycles. The van der Waals surface area contributed by atoms with Crippen molar-refractivity contribution in [3.8, 4) is 22.4 Å². The molecule has 0 bridgehead atoms. The van der Waals surface area contributed by atoms with Gasteiger partial charge in [0.25, 0.3) is 0 Å². The zero-order valence-electron chi connectivity index (χ0n) is 19.3. The monoisotopic (exact) mass is 507 g/mol. The predicted molar refractivity (Wildman–Crippen MR) is 142 cm³/mol. The van der Waals surface area contributed by atoms with E-state index in [1.807, 2.05) is 16.7 Å². The van der Waals surface area contributed by atoms with Crippen LogP contribution in [0.4, 0.5) is 0 Å². The summed E-state index contributed by atoms with van der Waals surface area (Å²) in [4.78, 5) is 14.4. The van der Waals surface area contributed by atoms with Crippen LogP contribution < -0.4 is 4.46 Å². The molecule has 166 valence electrons. The van der Waals surface area contributed by atoms with Crippen molar-refractivity contribution < 1.29 is 4.79 Å². The minimum absolute atomic E-state index is 0.176. The Hall–Kier alpha value is -3.39. The third kappa shape index (κ3) is 3.20. The molecule has 2 heterocycles. The predicted octanol–water partition coefficient (Wildman–Crippen LogP) is 6.64. The first kappa shape index (κ1) is 21.2. The Morgan fingerprint density at radius 1 is 0.824 bits per heavy atom. The Kier molecular flexibility index (Phi) is 5.06. The van der Waals surface area contributed by atoms with Crippen molar-refractivity contribution in [3.05, 3.63) is 114 Å². The molecule has 34 heavy (non-hydrogen) atoms. The number of carbonyl (C=O) groups excluding carboxylic acids is 1. The van der Waals surface area contributed by atoms with Crippen LogP contribution in [0.5, 0.6) is 0 Å². The van der Waals surface area contributed by atoms with Crippen molar-refractivity contribution >= 4 is 36.2 Å². The molecule has 5 aromatic rings. The van der Waals surface area contributed by atoms with Gasteiger partial charge in [0.05, 0.1) is 0 Å². The molecule has 6 rings (SSSR count). The summed E-state index contributed by atoms with van der Waals surface area (Å²) in [5, 5.41) is 1.97. The topological polar surface area (TPSA) is 22.0 Å². The van der Waals surface area contributed by atoms with Crippen LogP contribution in [0.2, 0.25) is 5.32 Å². The van der Waals surface area contributed by atoms with Crippen LogP contribution in [0.3, 0.4) is 0 Å². The fourth-order valence-corrected chi connectivity index (χ4v) is 7.46. The summed E-state index contributed by atoms with van der Waals surface area (Å²) in [5.74, 6) is 0.176. The van der Waals surface area contributed by atoms with E-state index < -0.39 is 5.41 Å². The van der Waals surface area contributed by atoms with Crippen molar-refractivity contribution in [2.75, 3.05) is 0 Å². The maximum atomic E-state index is 14.4. The second-order valence-corrected chi connectivity index (χ2v) is 11.4. The summed E-state index contributed by atoms with van der Waals surface area (Å²) < 4.78 is 3.34. The van der Waals surface area contributed by atoms with Gasteiger partial charge in [0, 0.05) is 0 Å². The molecule has 1 unspecified atom stereocenters. The Bertz CT molecular complexity index is 1530. The molecule has 0 amide bonds. The van der Waals surface area contributed by atoms with Crippen LogP contribution in [-0.4, -0.2) is 25.4 Å². The summed E-state index contributed by atoms with van der Waals surface area (Å²) in [7, 11) is 0. The fourth-order valence-electron chi connectivity index (χ4n) is 5.18. The van der Waals surface area contributed by atoms with Crippen molar-refractivity contribution in [1.82, 2.24) is 4.57 Å². The van der Waals surface area contributed by atoms with Gasteiger partial charge in [-0.05, 0) is 0 Å². The number of benzene rings is 4.